The highest BCUT2D eigenvalue weighted by atomic mass is 16.5. The Morgan fingerprint density at radius 2 is 2.22 bits per heavy atom. The van der Waals surface area contributed by atoms with E-state index in [-0.39, 0.29) is 6.10 Å². The summed E-state index contributed by atoms with van der Waals surface area (Å²) in [4.78, 5) is 0. The van der Waals surface area contributed by atoms with E-state index in [1.165, 1.54) is 25.8 Å². The molecule has 2 rings (SSSR count). The van der Waals surface area contributed by atoms with Gasteiger partial charge in [0.15, 0.2) is 0 Å². The van der Waals surface area contributed by atoms with E-state index in [9.17, 15) is 0 Å². The Morgan fingerprint density at radius 3 is 2.94 bits per heavy atom. The Hall–Kier alpha value is -1.22. The second-order valence-corrected chi connectivity index (χ2v) is 5.17. The fourth-order valence-corrected chi connectivity index (χ4v) is 2.35. The van der Waals surface area contributed by atoms with Gasteiger partial charge in [-0.1, -0.05) is 12.1 Å². The maximum atomic E-state index is 5.79. The van der Waals surface area contributed by atoms with Crippen molar-refractivity contribution in [3.8, 4) is 5.75 Å². The van der Waals surface area contributed by atoms with Crippen LogP contribution in [0.15, 0.2) is 24.3 Å². The summed E-state index contributed by atoms with van der Waals surface area (Å²) >= 11 is 0. The summed E-state index contributed by atoms with van der Waals surface area (Å²) in [6.45, 7) is 6.28. The summed E-state index contributed by atoms with van der Waals surface area (Å²) in [6.07, 6.45) is 4.02. The van der Waals surface area contributed by atoms with Crippen molar-refractivity contribution in [2.24, 2.45) is 0 Å². The number of para-hydroxylation sites is 2. The van der Waals surface area contributed by atoms with Crippen LogP contribution in [0.2, 0.25) is 0 Å². The molecule has 18 heavy (non-hydrogen) atoms. The van der Waals surface area contributed by atoms with E-state index in [2.05, 4.69) is 30.5 Å². The predicted octanol–water partition coefficient (Wildman–Crippen LogP) is 3.03. The zero-order valence-corrected chi connectivity index (χ0v) is 11.4. The molecule has 0 aliphatic carbocycles. The third-order valence-corrected chi connectivity index (χ3v) is 3.22. The standard InChI is InChI=1S/C15H24N2O/c1-12(2)18-15-8-4-3-7-14(15)17-11-9-13-6-5-10-16-13/h3-4,7-8,12-13,16-17H,5-6,9-11H2,1-2H3. The molecule has 1 saturated heterocycles. The van der Waals surface area contributed by atoms with E-state index in [0.717, 1.165) is 18.0 Å². The van der Waals surface area contributed by atoms with Crippen LogP contribution in [0.4, 0.5) is 5.69 Å². The molecule has 1 unspecified atom stereocenters. The average molecular weight is 248 g/mol. The highest BCUT2D eigenvalue weighted by molar-refractivity contribution is 5.56. The summed E-state index contributed by atoms with van der Waals surface area (Å²) in [5, 5.41) is 7.00. The van der Waals surface area contributed by atoms with E-state index in [0.29, 0.717) is 6.04 Å². The van der Waals surface area contributed by atoms with Crippen LogP contribution in [-0.2, 0) is 0 Å². The molecule has 2 N–H and O–H groups in total. The first kappa shape index (κ1) is 13.2. The van der Waals surface area contributed by atoms with Crippen LogP contribution in [0.3, 0.4) is 0 Å². The lowest BCUT2D eigenvalue weighted by Crippen LogP contribution is -2.24. The van der Waals surface area contributed by atoms with E-state index in [4.69, 9.17) is 4.74 Å². The van der Waals surface area contributed by atoms with E-state index in [1.807, 2.05) is 18.2 Å². The van der Waals surface area contributed by atoms with Gasteiger partial charge in [-0.25, -0.2) is 0 Å². The number of benzene rings is 1. The van der Waals surface area contributed by atoms with Gasteiger partial charge in [0.2, 0.25) is 0 Å². The van der Waals surface area contributed by atoms with Gasteiger partial charge in [-0.3, -0.25) is 0 Å². The molecular weight excluding hydrogens is 224 g/mol. The van der Waals surface area contributed by atoms with E-state index < -0.39 is 0 Å². The number of ether oxygens (including phenoxy) is 1. The zero-order valence-electron chi connectivity index (χ0n) is 11.4. The highest BCUT2D eigenvalue weighted by Gasteiger charge is 2.13. The Kier molecular flexibility index (Phi) is 4.88. The maximum absolute atomic E-state index is 5.79. The van der Waals surface area contributed by atoms with Gasteiger partial charge in [0.1, 0.15) is 5.75 Å². The first-order chi connectivity index (χ1) is 8.75. The van der Waals surface area contributed by atoms with Crippen LogP contribution < -0.4 is 15.4 Å². The van der Waals surface area contributed by atoms with Crippen molar-refractivity contribution in [3.63, 3.8) is 0 Å². The predicted molar refractivity (Wildman–Crippen MR) is 76.3 cm³/mol. The molecule has 0 bridgehead atoms. The van der Waals surface area contributed by atoms with Crippen LogP contribution in [-0.4, -0.2) is 25.2 Å². The van der Waals surface area contributed by atoms with Crippen molar-refractivity contribution in [2.75, 3.05) is 18.4 Å². The molecule has 1 aliphatic heterocycles. The monoisotopic (exact) mass is 248 g/mol. The maximum Gasteiger partial charge on any atom is 0.142 e. The van der Waals surface area contributed by atoms with Gasteiger partial charge in [0.25, 0.3) is 0 Å². The highest BCUT2D eigenvalue weighted by Crippen LogP contribution is 2.24. The molecule has 3 heteroatoms. The van der Waals surface area contributed by atoms with Crippen molar-refractivity contribution in [2.45, 2.75) is 45.3 Å². The van der Waals surface area contributed by atoms with Crippen LogP contribution in [0.5, 0.6) is 5.75 Å². The van der Waals surface area contributed by atoms with Crippen molar-refractivity contribution in [1.82, 2.24) is 5.32 Å². The molecule has 0 aromatic heterocycles. The number of hydrogen-bond donors (Lipinski definition) is 2. The molecule has 0 spiro atoms. The quantitative estimate of drug-likeness (QED) is 0.812. The lowest BCUT2D eigenvalue weighted by molar-refractivity contribution is 0.243. The van der Waals surface area contributed by atoms with Crippen molar-refractivity contribution < 1.29 is 4.74 Å². The molecule has 1 heterocycles. The second-order valence-electron chi connectivity index (χ2n) is 5.17. The third-order valence-electron chi connectivity index (χ3n) is 3.22. The minimum absolute atomic E-state index is 0.212. The average Bonchev–Trinajstić information content (AvgIpc) is 2.84. The number of anilines is 1. The van der Waals surface area contributed by atoms with Crippen molar-refractivity contribution in [3.05, 3.63) is 24.3 Å². The van der Waals surface area contributed by atoms with Crippen LogP contribution in [0.25, 0.3) is 0 Å². The largest absolute Gasteiger partial charge is 0.489 e. The Labute approximate surface area is 110 Å². The van der Waals surface area contributed by atoms with Gasteiger partial charge in [0.05, 0.1) is 11.8 Å². The second kappa shape index (κ2) is 6.64. The minimum atomic E-state index is 0.212. The normalized spacial score (nSPS) is 19.2. The smallest absolute Gasteiger partial charge is 0.142 e. The molecule has 0 radical (unpaired) electrons. The van der Waals surface area contributed by atoms with Gasteiger partial charge in [-0.15, -0.1) is 0 Å². The molecular formula is C15H24N2O. The molecule has 100 valence electrons. The number of hydrogen-bond acceptors (Lipinski definition) is 3. The van der Waals surface area contributed by atoms with Crippen molar-refractivity contribution >= 4 is 5.69 Å². The number of nitrogens with one attached hydrogen (secondary N) is 2. The van der Waals surface area contributed by atoms with Gasteiger partial charge in [-0.05, 0) is 51.8 Å². The molecule has 0 amide bonds. The molecule has 1 aromatic rings. The summed E-state index contributed by atoms with van der Waals surface area (Å²) in [5.41, 5.74) is 1.10. The summed E-state index contributed by atoms with van der Waals surface area (Å²) < 4.78 is 5.79. The van der Waals surface area contributed by atoms with E-state index >= 15 is 0 Å². The lowest BCUT2D eigenvalue weighted by atomic mass is 10.1. The minimum Gasteiger partial charge on any atom is -0.489 e. The van der Waals surface area contributed by atoms with Gasteiger partial charge in [0, 0.05) is 12.6 Å². The summed E-state index contributed by atoms with van der Waals surface area (Å²) in [7, 11) is 0. The SMILES string of the molecule is CC(C)Oc1ccccc1NCCC1CCCN1. The Balaban J connectivity index is 1.83. The fraction of sp³-hybridized carbons (Fsp3) is 0.600. The van der Waals surface area contributed by atoms with Gasteiger partial charge in [-0.2, -0.15) is 0 Å². The van der Waals surface area contributed by atoms with Crippen LogP contribution >= 0.6 is 0 Å². The molecule has 1 aromatic carbocycles. The van der Waals surface area contributed by atoms with Crippen molar-refractivity contribution in [1.29, 1.82) is 0 Å². The number of rotatable bonds is 6. The molecule has 1 atom stereocenters. The molecule has 1 fully saturated rings. The van der Waals surface area contributed by atoms with Crippen LogP contribution in [0, 0.1) is 0 Å². The first-order valence-electron chi connectivity index (χ1n) is 6.98. The molecule has 0 saturated carbocycles. The Bertz CT molecular complexity index is 359. The summed E-state index contributed by atoms with van der Waals surface area (Å²) in [5.74, 6) is 0.951. The fourth-order valence-electron chi connectivity index (χ4n) is 2.35. The Morgan fingerprint density at radius 1 is 1.39 bits per heavy atom. The lowest BCUT2D eigenvalue weighted by Gasteiger charge is -2.16. The topological polar surface area (TPSA) is 33.3 Å². The first-order valence-corrected chi connectivity index (χ1v) is 6.98. The molecule has 3 nitrogen and oxygen atoms in total. The molecule has 1 aliphatic rings. The van der Waals surface area contributed by atoms with E-state index in [1.54, 1.807) is 0 Å². The van der Waals surface area contributed by atoms with Gasteiger partial charge >= 0.3 is 0 Å². The zero-order chi connectivity index (χ0) is 12.8. The summed E-state index contributed by atoms with van der Waals surface area (Å²) in [6, 6.07) is 8.86. The third kappa shape index (κ3) is 3.91. The van der Waals surface area contributed by atoms with Crippen LogP contribution in [0.1, 0.15) is 33.1 Å². The van der Waals surface area contributed by atoms with Gasteiger partial charge < -0.3 is 15.4 Å².